The summed E-state index contributed by atoms with van der Waals surface area (Å²) < 4.78 is 0. The SMILES string of the molecule is CN(C)c1ccc(NC(=O)NC=C2CCCCC2)cc1. The van der Waals surface area contributed by atoms with Crippen LogP contribution in [0.4, 0.5) is 16.2 Å². The molecule has 1 aromatic rings. The molecule has 1 aromatic carbocycles. The fraction of sp³-hybridized carbons (Fsp3) is 0.438. The topological polar surface area (TPSA) is 44.4 Å². The molecular weight excluding hydrogens is 250 g/mol. The highest BCUT2D eigenvalue weighted by molar-refractivity contribution is 5.90. The number of hydrogen-bond acceptors (Lipinski definition) is 2. The summed E-state index contributed by atoms with van der Waals surface area (Å²) in [5.74, 6) is 0. The van der Waals surface area contributed by atoms with Gasteiger partial charge in [0.2, 0.25) is 0 Å². The van der Waals surface area contributed by atoms with E-state index in [1.165, 1.54) is 24.8 Å². The largest absolute Gasteiger partial charge is 0.378 e. The van der Waals surface area contributed by atoms with Gasteiger partial charge in [0, 0.05) is 31.7 Å². The van der Waals surface area contributed by atoms with Crippen LogP contribution in [0.3, 0.4) is 0 Å². The minimum atomic E-state index is -0.180. The van der Waals surface area contributed by atoms with Crippen LogP contribution in [0.1, 0.15) is 32.1 Å². The molecule has 0 radical (unpaired) electrons. The van der Waals surface area contributed by atoms with Gasteiger partial charge in [-0.25, -0.2) is 4.79 Å². The second-order valence-corrected chi connectivity index (χ2v) is 5.40. The lowest BCUT2D eigenvalue weighted by Gasteiger charge is -2.14. The number of rotatable bonds is 3. The van der Waals surface area contributed by atoms with Crippen LogP contribution < -0.4 is 15.5 Å². The average Bonchev–Trinajstić information content (AvgIpc) is 2.47. The third-order valence-corrected chi connectivity index (χ3v) is 3.54. The maximum absolute atomic E-state index is 11.8. The Bertz CT molecular complexity index is 469. The number of urea groups is 1. The predicted octanol–water partition coefficient (Wildman–Crippen LogP) is 3.72. The van der Waals surface area contributed by atoms with Crippen molar-refractivity contribution in [1.82, 2.24) is 5.32 Å². The number of hydrogen-bond donors (Lipinski definition) is 2. The number of carbonyl (C=O) groups excluding carboxylic acids is 1. The van der Waals surface area contributed by atoms with Crippen LogP contribution in [0, 0.1) is 0 Å². The first kappa shape index (κ1) is 14.4. The first-order valence-electron chi connectivity index (χ1n) is 7.18. The summed E-state index contributed by atoms with van der Waals surface area (Å²) >= 11 is 0. The minimum absolute atomic E-state index is 0.180. The van der Waals surface area contributed by atoms with Crippen molar-refractivity contribution in [2.45, 2.75) is 32.1 Å². The average molecular weight is 273 g/mol. The highest BCUT2D eigenvalue weighted by Gasteiger charge is 2.06. The molecule has 2 N–H and O–H groups in total. The first-order valence-corrected chi connectivity index (χ1v) is 7.18. The molecule has 0 aromatic heterocycles. The lowest BCUT2D eigenvalue weighted by molar-refractivity contribution is 0.255. The van der Waals surface area contributed by atoms with E-state index in [9.17, 15) is 4.79 Å². The van der Waals surface area contributed by atoms with E-state index in [4.69, 9.17) is 0 Å². The zero-order valence-electron chi connectivity index (χ0n) is 12.3. The Morgan fingerprint density at radius 2 is 1.75 bits per heavy atom. The number of carbonyl (C=O) groups is 1. The normalized spacial score (nSPS) is 14.6. The summed E-state index contributed by atoms with van der Waals surface area (Å²) in [6.07, 6.45) is 7.86. The molecule has 108 valence electrons. The van der Waals surface area contributed by atoms with Crippen LogP contribution in [0.15, 0.2) is 36.0 Å². The van der Waals surface area contributed by atoms with Gasteiger partial charge in [0.1, 0.15) is 0 Å². The van der Waals surface area contributed by atoms with Gasteiger partial charge in [-0.15, -0.1) is 0 Å². The Kier molecular flexibility index (Phi) is 5.04. The van der Waals surface area contributed by atoms with E-state index in [2.05, 4.69) is 10.6 Å². The number of benzene rings is 1. The van der Waals surface area contributed by atoms with E-state index in [1.807, 2.05) is 49.5 Å². The molecule has 1 saturated carbocycles. The standard InChI is InChI=1S/C16H23N3O/c1-19(2)15-10-8-14(9-11-15)18-16(20)17-12-13-6-4-3-5-7-13/h8-12H,3-7H2,1-2H3,(H2,17,18,20). The highest BCUT2D eigenvalue weighted by atomic mass is 16.2. The summed E-state index contributed by atoms with van der Waals surface area (Å²) in [4.78, 5) is 13.8. The van der Waals surface area contributed by atoms with E-state index in [-0.39, 0.29) is 6.03 Å². The Hall–Kier alpha value is -1.97. The van der Waals surface area contributed by atoms with Gasteiger partial charge < -0.3 is 15.5 Å². The Morgan fingerprint density at radius 1 is 1.10 bits per heavy atom. The first-order chi connectivity index (χ1) is 9.65. The zero-order valence-corrected chi connectivity index (χ0v) is 12.3. The van der Waals surface area contributed by atoms with E-state index in [0.29, 0.717) is 0 Å². The van der Waals surface area contributed by atoms with E-state index >= 15 is 0 Å². The van der Waals surface area contributed by atoms with Gasteiger partial charge in [0.15, 0.2) is 0 Å². The van der Waals surface area contributed by atoms with Crippen molar-refractivity contribution in [3.63, 3.8) is 0 Å². The lowest BCUT2D eigenvalue weighted by Crippen LogP contribution is -2.24. The monoisotopic (exact) mass is 273 g/mol. The van der Waals surface area contributed by atoms with Crippen molar-refractivity contribution in [3.05, 3.63) is 36.0 Å². The van der Waals surface area contributed by atoms with Gasteiger partial charge in [-0.2, -0.15) is 0 Å². The van der Waals surface area contributed by atoms with E-state index in [1.54, 1.807) is 0 Å². The van der Waals surface area contributed by atoms with Gasteiger partial charge in [0.25, 0.3) is 0 Å². The summed E-state index contributed by atoms with van der Waals surface area (Å²) in [6.45, 7) is 0. The number of nitrogens with one attached hydrogen (secondary N) is 2. The van der Waals surface area contributed by atoms with Crippen molar-refractivity contribution in [3.8, 4) is 0 Å². The second kappa shape index (κ2) is 6.98. The smallest absolute Gasteiger partial charge is 0.323 e. The summed E-state index contributed by atoms with van der Waals surface area (Å²) in [7, 11) is 3.98. The third kappa shape index (κ3) is 4.30. The molecule has 0 atom stereocenters. The van der Waals surface area contributed by atoms with Crippen LogP contribution in [0.2, 0.25) is 0 Å². The highest BCUT2D eigenvalue weighted by Crippen LogP contribution is 2.21. The van der Waals surface area contributed by atoms with Crippen molar-refractivity contribution in [1.29, 1.82) is 0 Å². The van der Waals surface area contributed by atoms with Crippen molar-refractivity contribution >= 4 is 17.4 Å². The van der Waals surface area contributed by atoms with Crippen molar-refractivity contribution in [2.75, 3.05) is 24.3 Å². The molecule has 0 aliphatic heterocycles. The second-order valence-electron chi connectivity index (χ2n) is 5.40. The molecule has 2 rings (SSSR count). The van der Waals surface area contributed by atoms with Crippen molar-refractivity contribution in [2.24, 2.45) is 0 Å². The Morgan fingerprint density at radius 3 is 2.35 bits per heavy atom. The summed E-state index contributed by atoms with van der Waals surface area (Å²) in [5.41, 5.74) is 3.25. The molecule has 0 heterocycles. The fourth-order valence-corrected chi connectivity index (χ4v) is 2.33. The number of amides is 2. The van der Waals surface area contributed by atoms with E-state index < -0.39 is 0 Å². The van der Waals surface area contributed by atoms with Gasteiger partial charge in [-0.3, -0.25) is 0 Å². The van der Waals surface area contributed by atoms with Gasteiger partial charge >= 0.3 is 6.03 Å². The number of allylic oxidation sites excluding steroid dienone is 1. The molecule has 0 spiro atoms. The maximum Gasteiger partial charge on any atom is 0.323 e. The van der Waals surface area contributed by atoms with Crippen LogP contribution >= 0.6 is 0 Å². The maximum atomic E-state index is 11.8. The third-order valence-electron chi connectivity index (χ3n) is 3.54. The molecule has 0 saturated heterocycles. The molecule has 20 heavy (non-hydrogen) atoms. The number of nitrogens with zero attached hydrogens (tertiary/aromatic N) is 1. The van der Waals surface area contributed by atoms with Crippen molar-refractivity contribution < 1.29 is 4.79 Å². The zero-order chi connectivity index (χ0) is 14.4. The Labute approximate surface area is 120 Å². The molecule has 0 bridgehead atoms. The quantitative estimate of drug-likeness (QED) is 0.881. The van der Waals surface area contributed by atoms with Gasteiger partial charge in [0.05, 0.1) is 0 Å². The molecule has 0 unspecified atom stereocenters. The molecule has 1 aliphatic rings. The molecule has 1 fully saturated rings. The molecule has 2 amide bonds. The van der Waals surface area contributed by atoms with Gasteiger partial charge in [-0.1, -0.05) is 12.0 Å². The minimum Gasteiger partial charge on any atom is -0.378 e. The van der Waals surface area contributed by atoms with Crippen LogP contribution in [-0.4, -0.2) is 20.1 Å². The molecule has 4 nitrogen and oxygen atoms in total. The molecule has 4 heteroatoms. The van der Waals surface area contributed by atoms with E-state index in [0.717, 1.165) is 24.2 Å². The van der Waals surface area contributed by atoms with Crippen LogP contribution in [-0.2, 0) is 0 Å². The van der Waals surface area contributed by atoms with Gasteiger partial charge in [-0.05, 0) is 49.9 Å². The fourth-order valence-electron chi connectivity index (χ4n) is 2.33. The van der Waals surface area contributed by atoms with Crippen LogP contribution in [0.25, 0.3) is 0 Å². The summed E-state index contributed by atoms with van der Waals surface area (Å²) in [5, 5.41) is 5.65. The Balaban J connectivity index is 1.84. The predicted molar refractivity (Wildman–Crippen MR) is 84.1 cm³/mol. The van der Waals surface area contributed by atoms with Crippen LogP contribution in [0.5, 0.6) is 0 Å². The summed E-state index contributed by atoms with van der Waals surface area (Å²) in [6, 6.07) is 7.59. The molecule has 1 aliphatic carbocycles. The molecular formula is C16H23N3O. The lowest BCUT2D eigenvalue weighted by atomic mass is 9.96. The number of anilines is 2.